The van der Waals surface area contributed by atoms with E-state index in [0.29, 0.717) is 0 Å². The van der Waals surface area contributed by atoms with Crippen molar-refractivity contribution in [1.29, 1.82) is 0 Å². The molecule has 0 aliphatic heterocycles. The molecule has 51 heavy (non-hydrogen) atoms. The zero-order valence-corrected chi connectivity index (χ0v) is 27.7. The second-order valence-electron chi connectivity index (χ2n) is 13.4. The van der Waals surface area contributed by atoms with Crippen LogP contribution in [0.4, 0.5) is 17.1 Å². The van der Waals surface area contributed by atoms with Crippen LogP contribution in [0.2, 0.25) is 0 Å². The Balaban J connectivity index is 1.23. The Morgan fingerprint density at radius 1 is 0.333 bits per heavy atom. The van der Waals surface area contributed by atoms with E-state index in [9.17, 15) is 0 Å². The molecule has 0 amide bonds. The van der Waals surface area contributed by atoms with Gasteiger partial charge in [0.1, 0.15) is 0 Å². The van der Waals surface area contributed by atoms with E-state index in [4.69, 9.17) is 0 Å². The first kappa shape index (κ1) is 28.0. The van der Waals surface area contributed by atoms with Crippen molar-refractivity contribution in [2.24, 2.45) is 0 Å². The van der Waals surface area contributed by atoms with E-state index in [1.807, 2.05) is 0 Å². The maximum absolute atomic E-state index is 2.50. The molecule has 11 aromatic rings. The number of aromatic nitrogens is 2. The van der Waals surface area contributed by atoms with Crippen molar-refractivity contribution in [3.8, 4) is 16.8 Å². The molecule has 0 spiro atoms. The quantitative estimate of drug-likeness (QED) is 0.181. The van der Waals surface area contributed by atoms with Gasteiger partial charge < -0.3 is 13.9 Å². The molecule has 0 aliphatic rings. The first-order valence-corrected chi connectivity index (χ1v) is 17.5. The summed E-state index contributed by atoms with van der Waals surface area (Å²) in [6.07, 6.45) is 0. The highest BCUT2D eigenvalue weighted by Crippen LogP contribution is 2.46. The fraction of sp³-hybridized carbons (Fsp3) is 0. The summed E-state index contributed by atoms with van der Waals surface area (Å²) in [5.74, 6) is 0. The SMILES string of the molecule is c1ccc(-c2ccc(N(c3ccc4c5ccccc5n(-c5ccccc5)c4c3)c3cccc4c5cccc6c7ccccc7n(c34)c65)cc2)cc1. The minimum absolute atomic E-state index is 1.10. The fourth-order valence-electron chi connectivity index (χ4n) is 8.45. The molecule has 3 nitrogen and oxygen atoms in total. The summed E-state index contributed by atoms with van der Waals surface area (Å²) in [7, 11) is 0. The van der Waals surface area contributed by atoms with Crippen LogP contribution in [-0.4, -0.2) is 8.97 Å². The van der Waals surface area contributed by atoms with Crippen molar-refractivity contribution in [3.05, 3.63) is 188 Å². The molecule has 0 unspecified atom stereocenters. The van der Waals surface area contributed by atoms with E-state index >= 15 is 0 Å². The van der Waals surface area contributed by atoms with Crippen molar-refractivity contribution >= 4 is 77.0 Å². The molecule has 0 bridgehead atoms. The molecule has 3 heterocycles. The summed E-state index contributed by atoms with van der Waals surface area (Å²) in [5.41, 5.74) is 13.0. The Labute approximate surface area is 294 Å². The highest BCUT2D eigenvalue weighted by Gasteiger charge is 2.24. The van der Waals surface area contributed by atoms with Gasteiger partial charge in [-0.3, -0.25) is 0 Å². The second-order valence-corrected chi connectivity index (χ2v) is 13.4. The van der Waals surface area contributed by atoms with Crippen molar-refractivity contribution in [2.45, 2.75) is 0 Å². The Morgan fingerprint density at radius 3 is 1.63 bits per heavy atom. The molecule has 0 N–H and O–H groups in total. The molecule has 0 fully saturated rings. The zero-order chi connectivity index (χ0) is 33.5. The zero-order valence-electron chi connectivity index (χ0n) is 27.7. The highest BCUT2D eigenvalue weighted by molar-refractivity contribution is 6.25. The van der Waals surface area contributed by atoms with E-state index in [-0.39, 0.29) is 0 Å². The third-order valence-electron chi connectivity index (χ3n) is 10.6. The molecule has 11 rings (SSSR count). The van der Waals surface area contributed by atoms with Crippen LogP contribution in [0.5, 0.6) is 0 Å². The number of hydrogen-bond acceptors (Lipinski definition) is 1. The van der Waals surface area contributed by atoms with Gasteiger partial charge in [0.25, 0.3) is 0 Å². The van der Waals surface area contributed by atoms with Gasteiger partial charge in [-0.25, -0.2) is 0 Å². The molecule has 8 aromatic carbocycles. The van der Waals surface area contributed by atoms with Gasteiger partial charge >= 0.3 is 0 Å². The van der Waals surface area contributed by atoms with Gasteiger partial charge in [-0.05, 0) is 65.7 Å². The Morgan fingerprint density at radius 2 is 0.863 bits per heavy atom. The van der Waals surface area contributed by atoms with Crippen LogP contribution in [0.1, 0.15) is 0 Å². The summed E-state index contributed by atoms with van der Waals surface area (Å²) < 4.78 is 4.90. The average Bonchev–Trinajstić information content (AvgIpc) is 3.84. The molecular weight excluding hydrogens is 619 g/mol. The van der Waals surface area contributed by atoms with Crippen molar-refractivity contribution in [1.82, 2.24) is 8.97 Å². The number of rotatable bonds is 5. The number of benzene rings is 8. The minimum atomic E-state index is 1.10. The lowest BCUT2D eigenvalue weighted by molar-refractivity contribution is 1.18. The standard InChI is InChI=1S/C48H31N3/c1-3-13-32(14-4-1)33-25-27-35(28-26-33)49(36-29-30-39-37-17-7-9-22-43(37)50(46(39)31-36)34-15-5-2-6-16-34)45-24-12-21-42-41-20-11-19-40-38-18-8-10-23-44(38)51(47(40)41)48(42)45/h1-31H. The van der Waals surface area contributed by atoms with E-state index in [1.54, 1.807) is 0 Å². The number of nitrogens with zero attached hydrogens (tertiary/aromatic N) is 3. The van der Waals surface area contributed by atoms with Gasteiger partial charge in [-0.15, -0.1) is 0 Å². The average molecular weight is 650 g/mol. The van der Waals surface area contributed by atoms with Gasteiger partial charge in [0.15, 0.2) is 0 Å². The van der Waals surface area contributed by atoms with Crippen LogP contribution >= 0.6 is 0 Å². The first-order chi connectivity index (χ1) is 25.3. The second kappa shape index (κ2) is 10.8. The summed E-state index contributed by atoms with van der Waals surface area (Å²) >= 11 is 0. The monoisotopic (exact) mass is 649 g/mol. The van der Waals surface area contributed by atoms with Crippen molar-refractivity contribution in [2.75, 3.05) is 4.90 Å². The smallest absolute Gasteiger partial charge is 0.0782 e. The van der Waals surface area contributed by atoms with Crippen LogP contribution in [-0.2, 0) is 0 Å². The lowest BCUT2D eigenvalue weighted by Crippen LogP contribution is -2.11. The summed E-state index contributed by atoms with van der Waals surface area (Å²) in [4.78, 5) is 2.45. The molecule has 0 saturated heterocycles. The maximum atomic E-state index is 2.50. The molecule has 238 valence electrons. The molecule has 3 aromatic heterocycles. The van der Waals surface area contributed by atoms with Gasteiger partial charge in [0.05, 0.1) is 33.3 Å². The Hall–Kier alpha value is -6.84. The van der Waals surface area contributed by atoms with Gasteiger partial charge in [0, 0.05) is 49.4 Å². The van der Waals surface area contributed by atoms with Crippen molar-refractivity contribution in [3.63, 3.8) is 0 Å². The molecule has 0 radical (unpaired) electrons. The highest BCUT2D eigenvalue weighted by atomic mass is 15.2. The lowest BCUT2D eigenvalue weighted by Gasteiger charge is -2.27. The molecule has 0 saturated carbocycles. The minimum Gasteiger partial charge on any atom is -0.309 e. The maximum Gasteiger partial charge on any atom is 0.0782 e. The van der Waals surface area contributed by atoms with Crippen LogP contribution in [0.25, 0.3) is 76.7 Å². The lowest BCUT2D eigenvalue weighted by atomic mass is 10.0. The Bertz CT molecular complexity index is 3060. The summed E-state index contributed by atoms with van der Waals surface area (Å²) in [6, 6.07) is 68.4. The first-order valence-electron chi connectivity index (χ1n) is 17.5. The van der Waals surface area contributed by atoms with Crippen LogP contribution in [0.15, 0.2) is 188 Å². The van der Waals surface area contributed by atoms with Crippen LogP contribution in [0, 0.1) is 0 Å². The van der Waals surface area contributed by atoms with E-state index in [0.717, 1.165) is 22.7 Å². The predicted molar refractivity (Wildman–Crippen MR) is 216 cm³/mol. The topological polar surface area (TPSA) is 12.6 Å². The van der Waals surface area contributed by atoms with Crippen LogP contribution < -0.4 is 4.90 Å². The van der Waals surface area contributed by atoms with E-state index < -0.39 is 0 Å². The Kier molecular flexibility index (Phi) is 5.96. The largest absolute Gasteiger partial charge is 0.309 e. The number of para-hydroxylation sites is 5. The normalized spacial score (nSPS) is 11.9. The fourth-order valence-corrected chi connectivity index (χ4v) is 8.45. The van der Waals surface area contributed by atoms with E-state index in [2.05, 4.69) is 202 Å². The number of fused-ring (bicyclic) bond motifs is 9. The van der Waals surface area contributed by atoms with Gasteiger partial charge in [-0.2, -0.15) is 0 Å². The molecule has 3 heteroatoms. The van der Waals surface area contributed by atoms with Crippen LogP contribution in [0.3, 0.4) is 0 Å². The molecule has 0 atom stereocenters. The number of hydrogen-bond donors (Lipinski definition) is 0. The predicted octanol–water partition coefficient (Wildman–Crippen LogP) is 13.1. The third-order valence-corrected chi connectivity index (χ3v) is 10.6. The summed E-state index contributed by atoms with van der Waals surface area (Å²) in [6.45, 7) is 0. The third kappa shape index (κ3) is 4.06. The van der Waals surface area contributed by atoms with Gasteiger partial charge in [-0.1, -0.05) is 133 Å². The summed E-state index contributed by atoms with van der Waals surface area (Å²) in [5, 5.41) is 7.59. The van der Waals surface area contributed by atoms with Gasteiger partial charge in [0.2, 0.25) is 0 Å². The molecular formula is C48H31N3. The van der Waals surface area contributed by atoms with E-state index in [1.165, 1.54) is 71.0 Å². The number of anilines is 3. The molecule has 0 aliphatic carbocycles. The van der Waals surface area contributed by atoms with Crippen molar-refractivity contribution < 1.29 is 0 Å².